The molecule has 3 rings (SSSR count). The molecular formula is C9H14N6O11P2. The number of phosphoric acid groups is 2. The van der Waals surface area contributed by atoms with Crippen LogP contribution in [0.25, 0.3) is 11.2 Å². The molecule has 17 nitrogen and oxygen atoms in total. The Morgan fingerprint density at radius 2 is 1.93 bits per heavy atom. The Balaban J connectivity index is 1.79. The van der Waals surface area contributed by atoms with Crippen molar-refractivity contribution in [2.24, 2.45) is 0 Å². The highest BCUT2D eigenvalue weighted by molar-refractivity contribution is 7.60. The van der Waals surface area contributed by atoms with E-state index >= 15 is 0 Å². The van der Waals surface area contributed by atoms with Crippen molar-refractivity contribution in [2.75, 3.05) is 12.3 Å². The van der Waals surface area contributed by atoms with Crippen molar-refractivity contribution in [2.45, 2.75) is 24.5 Å². The predicted molar refractivity (Wildman–Crippen MR) is 85.2 cm³/mol. The van der Waals surface area contributed by atoms with Gasteiger partial charge in [-0.05, 0) is 0 Å². The molecule has 2 aromatic heterocycles. The number of aromatic amines is 1. The van der Waals surface area contributed by atoms with E-state index in [2.05, 4.69) is 29.1 Å². The first-order valence-corrected chi connectivity index (χ1v) is 10.3. The van der Waals surface area contributed by atoms with E-state index in [0.717, 1.165) is 4.68 Å². The van der Waals surface area contributed by atoms with E-state index in [1.807, 2.05) is 0 Å². The van der Waals surface area contributed by atoms with E-state index in [-0.39, 0.29) is 17.1 Å². The summed E-state index contributed by atoms with van der Waals surface area (Å²) >= 11 is 0. The molecule has 1 saturated heterocycles. The molecule has 0 aliphatic carbocycles. The number of ether oxygens (including phenoxy) is 1. The number of hydrogen-bond acceptors (Lipinski definition) is 12. The lowest BCUT2D eigenvalue weighted by molar-refractivity contribution is -0.0566. The minimum absolute atomic E-state index is 0.170. The van der Waals surface area contributed by atoms with Gasteiger partial charge < -0.3 is 35.4 Å². The van der Waals surface area contributed by atoms with Crippen molar-refractivity contribution < 1.29 is 47.6 Å². The van der Waals surface area contributed by atoms with E-state index in [4.69, 9.17) is 20.3 Å². The van der Waals surface area contributed by atoms with Crippen LogP contribution in [0.1, 0.15) is 6.23 Å². The number of anilines is 1. The molecule has 1 aliphatic rings. The number of nitrogen functional groups attached to an aromatic ring is 1. The molecule has 5 atom stereocenters. The van der Waals surface area contributed by atoms with Gasteiger partial charge in [0.15, 0.2) is 17.4 Å². The topological polar surface area (TPSA) is 265 Å². The van der Waals surface area contributed by atoms with Gasteiger partial charge in [0.1, 0.15) is 18.3 Å². The highest BCUT2D eigenvalue weighted by atomic mass is 31.3. The number of nitrogens with two attached hydrogens (primary N) is 1. The Morgan fingerprint density at radius 3 is 2.57 bits per heavy atom. The van der Waals surface area contributed by atoms with Gasteiger partial charge >= 0.3 is 15.6 Å². The predicted octanol–water partition coefficient (Wildman–Crippen LogP) is -3.06. The molecule has 1 aliphatic heterocycles. The van der Waals surface area contributed by atoms with Crippen molar-refractivity contribution in [1.82, 2.24) is 25.0 Å². The molecule has 0 radical (unpaired) electrons. The zero-order valence-corrected chi connectivity index (χ0v) is 15.3. The van der Waals surface area contributed by atoms with Gasteiger partial charge in [-0.2, -0.15) is 14.0 Å². The third kappa shape index (κ3) is 4.28. The third-order valence-electron chi connectivity index (χ3n) is 3.54. The van der Waals surface area contributed by atoms with E-state index in [9.17, 15) is 29.0 Å². The molecule has 1 fully saturated rings. The van der Waals surface area contributed by atoms with Crippen LogP contribution >= 0.6 is 15.6 Å². The van der Waals surface area contributed by atoms with Crippen LogP contribution in [-0.2, 0) is 22.7 Å². The second-order valence-corrected chi connectivity index (χ2v) is 8.37. The Kier molecular flexibility index (Phi) is 5.41. The van der Waals surface area contributed by atoms with Crippen LogP contribution in [0.5, 0.6) is 0 Å². The maximum atomic E-state index is 11.8. The van der Waals surface area contributed by atoms with Crippen LogP contribution in [0.2, 0.25) is 0 Å². The van der Waals surface area contributed by atoms with Crippen LogP contribution in [0.3, 0.4) is 0 Å². The number of fused-ring (bicyclic) bond motifs is 1. The number of phosphoric ester groups is 1. The number of hydrogen-bond donors (Lipinski definition) is 7. The summed E-state index contributed by atoms with van der Waals surface area (Å²) in [6.07, 6.45) is -6.23. The maximum Gasteiger partial charge on any atom is 0.481 e. The molecule has 8 N–H and O–H groups in total. The Bertz CT molecular complexity index is 1030. The van der Waals surface area contributed by atoms with Crippen molar-refractivity contribution in [1.29, 1.82) is 0 Å². The molecule has 0 bridgehead atoms. The fourth-order valence-electron chi connectivity index (χ4n) is 2.42. The van der Waals surface area contributed by atoms with E-state index < -0.39 is 52.4 Å². The van der Waals surface area contributed by atoms with Gasteiger partial charge in [-0.1, -0.05) is 5.21 Å². The summed E-state index contributed by atoms with van der Waals surface area (Å²) in [6.45, 7) is -0.898. The average molecular weight is 444 g/mol. The molecule has 1 unspecified atom stereocenters. The van der Waals surface area contributed by atoms with Gasteiger partial charge in [-0.25, -0.2) is 9.13 Å². The zero-order valence-electron chi connectivity index (χ0n) is 13.5. The molecule has 3 heterocycles. The quantitative estimate of drug-likeness (QED) is 0.218. The summed E-state index contributed by atoms with van der Waals surface area (Å²) in [5.74, 6) is -0.273. The lowest BCUT2D eigenvalue weighted by atomic mass is 10.1. The minimum atomic E-state index is -5.33. The van der Waals surface area contributed by atoms with Crippen LogP contribution < -0.4 is 11.3 Å². The van der Waals surface area contributed by atoms with Gasteiger partial charge in [-0.3, -0.25) is 14.3 Å². The summed E-state index contributed by atoms with van der Waals surface area (Å²) in [7, 11) is -10.5. The fraction of sp³-hybridized carbons (Fsp3) is 0.556. The number of H-pyrrole nitrogens is 1. The lowest BCUT2D eigenvalue weighted by Gasteiger charge is -2.17. The van der Waals surface area contributed by atoms with Crippen LogP contribution in [0.4, 0.5) is 5.95 Å². The number of aromatic nitrogens is 5. The highest BCUT2D eigenvalue weighted by Crippen LogP contribution is 2.57. The van der Waals surface area contributed by atoms with Crippen molar-refractivity contribution in [3.8, 4) is 0 Å². The zero-order chi connectivity index (χ0) is 20.9. The summed E-state index contributed by atoms with van der Waals surface area (Å²) in [5, 5.41) is 27.4. The lowest BCUT2D eigenvalue weighted by Crippen LogP contribution is -2.33. The summed E-state index contributed by atoms with van der Waals surface area (Å²) in [5.41, 5.74) is 4.33. The van der Waals surface area contributed by atoms with Crippen molar-refractivity contribution >= 4 is 32.8 Å². The fourth-order valence-corrected chi connectivity index (χ4v) is 4.02. The van der Waals surface area contributed by atoms with Gasteiger partial charge in [0.05, 0.1) is 6.61 Å². The number of nitrogens with zero attached hydrogens (tertiary/aromatic N) is 4. The maximum absolute atomic E-state index is 11.8. The van der Waals surface area contributed by atoms with Crippen LogP contribution in [-0.4, -0.2) is 74.8 Å². The first kappa shape index (κ1) is 20.9. The van der Waals surface area contributed by atoms with Gasteiger partial charge in [0.2, 0.25) is 5.95 Å². The van der Waals surface area contributed by atoms with E-state index in [0.29, 0.717) is 0 Å². The SMILES string of the molecule is Nc1nc2c(nnn2[C@@H]2O[C@@H](COP(=O)(O)OP(=O)(O)O)[C@H](O)[C@@H]2O)c(=O)[nH]1. The Labute approximate surface area is 153 Å². The van der Waals surface area contributed by atoms with Crippen LogP contribution in [0.15, 0.2) is 4.79 Å². The van der Waals surface area contributed by atoms with Gasteiger partial charge in [-0.15, -0.1) is 5.10 Å². The number of aliphatic hydroxyl groups excluding tert-OH is 2. The molecule has 2 aromatic rings. The molecule has 28 heavy (non-hydrogen) atoms. The molecule has 0 aromatic carbocycles. The first-order chi connectivity index (χ1) is 12.9. The third-order valence-corrected chi connectivity index (χ3v) is 5.69. The smallest absolute Gasteiger partial charge is 0.387 e. The summed E-state index contributed by atoms with van der Waals surface area (Å²) in [4.78, 5) is 44.1. The van der Waals surface area contributed by atoms with E-state index in [1.54, 1.807) is 0 Å². The normalized spacial score (nSPS) is 27.9. The first-order valence-electron chi connectivity index (χ1n) is 7.24. The molecule has 0 saturated carbocycles. The average Bonchev–Trinajstić information content (AvgIpc) is 3.06. The highest BCUT2D eigenvalue weighted by Gasteiger charge is 2.46. The molecular weight excluding hydrogens is 430 g/mol. The Morgan fingerprint density at radius 1 is 1.25 bits per heavy atom. The number of nitrogens with one attached hydrogen (secondary N) is 1. The van der Waals surface area contributed by atoms with Gasteiger partial charge in [0, 0.05) is 0 Å². The summed E-state index contributed by atoms with van der Waals surface area (Å²) < 4.78 is 36.2. The van der Waals surface area contributed by atoms with E-state index in [1.165, 1.54) is 0 Å². The van der Waals surface area contributed by atoms with Gasteiger partial charge in [0.25, 0.3) is 5.56 Å². The number of aliphatic hydroxyl groups is 2. The Hall–Kier alpha value is -1.78. The van der Waals surface area contributed by atoms with Crippen molar-refractivity contribution in [3.05, 3.63) is 10.4 Å². The second kappa shape index (κ2) is 7.23. The molecule has 19 heteroatoms. The standard InChI is InChI=1S/C9H14N6O11P2/c10-9-11-6-3(7(18)12-9)13-14-15(6)8-5(17)4(16)2(25-8)1-24-28(22,23)26-27(19,20)21/h2,4-5,8,16-17H,1H2,(H,22,23)(H2,19,20,21)(H3,10,11,12,18)/t2-,4-,5-,8+/m0/s1. The van der Waals surface area contributed by atoms with Crippen molar-refractivity contribution in [3.63, 3.8) is 0 Å². The number of rotatable bonds is 6. The second-order valence-electron chi connectivity index (χ2n) is 5.54. The largest absolute Gasteiger partial charge is 0.481 e. The summed E-state index contributed by atoms with van der Waals surface area (Å²) in [6, 6.07) is 0. The monoisotopic (exact) mass is 444 g/mol. The molecule has 0 amide bonds. The van der Waals surface area contributed by atoms with Crippen LogP contribution in [0, 0.1) is 0 Å². The molecule has 0 spiro atoms. The molecule has 156 valence electrons. The minimum Gasteiger partial charge on any atom is -0.387 e.